The lowest BCUT2D eigenvalue weighted by atomic mass is 10.1. The van der Waals surface area contributed by atoms with Crippen molar-refractivity contribution >= 4 is 35.1 Å². The lowest BCUT2D eigenvalue weighted by Gasteiger charge is -2.09. The Bertz CT molecular complexity index is 1180. The number of carbonyl (C=O) groups excluding carboxylic acids is 1. The molecule has 0 saturated carbocycles. The summed E-state index contributed by atoms with van der Waals surface area (Å²) in [6.07, 6.45) is 0. The Morgan fingerprint density at radius 2 is 1.56 bits per heavy atom. The molecule has 0 atom stereocenters. The predicted molar refractivity (Wildman–Crippen MR) is 132 cm³/mol. The van der Waals surface area contributed by atoms with E-state index in [2.05, 4.69) is 16.4 Å². The first kappa shape index (κ1) is 21.8. The van der Waals surface area contributed by atoms with Crippen LogP contribution < -0.4 is 5.32 Å². The standard InChI is InChI=1S/C25H20N4OS2/c26-15-16-31-21-14-8-7-13-20(21)27-22(30)17-32-25-28-23(18-9-3-1-4-10-18)24(29-25)19-11-5-2-6-12-19/h1-14H,16-17H2,(H,27,30)(H,28,29). The monoisotopic (exact) mass is 456 g/mol. The zero-order valence-electron chi connectivity index (χ0n) is 17.1. The molecule has 0 aliphatic rings. The van der Waals surface area contributed by atoms with Crippen LogP contribution in [-0.2, 0) is 4.79 Å². The van der Waals surface area contributed by atoms with Crippen LogP contribution in [0.1, 0.15) is 0 Å². The minimum atomic E-state index is -0.126. The number of aromatic nitrogens is 2. The number of benzene rings is 3. The van der Waals surface area contributed by atoms with Crippen LogP contribution in [0.5, 0.6) is 0 Å². The number of hydrogen-bond donors (Lipinski definition) is 2. The van der Waals surface area contributed by atoms with Crippen molar-refractivity contribution in [3.63, 3.8) is 0 Å². The molecule has 0 spiro atoms. The summed E-state index contributed by atoms with van der Waals surface area (Å²) in [5.74, 6) is 0.421. The Balaban J connectivity index is 1.50. The Morgan fingerprint density at radius 1 is 0.906 bits per heavy atom. The van der Waals surface area contributed by atoms with Crippen LogP contribution in [0, 0.1) is 11.3 Å². The predicted octanol–water partition coefficient (Wildman–Crippen LogP) is 6.09. The molecule has 0 radical (unpaired) electrons. The molecule has 0 aliphatic heterocycles. The summed E-state index contributed by atoms with van der Waals surface area (Å²) in [4.78, 5) is 21.6. The average Bonchev–Trinajstić information content (AvgIpc) is 3.28. The van der Waals surface area contributed by atoms with E-state index < -0.39 is 0 Å². The number of para-hydroxylation sites is 1. The number of aromatic amines is 1. The van der Waals surface area contributed by atoms with Crippen LogP contribution in [0.25, 0.3) is 22.5 Å². The summed E-state index contributed by atoms with van der Waals surface area (Å²) in [5, 5.41) is 12.5. The second-order valence-corrected chi connectivity index (χ2v) is 8.76. The van der Waals surface area contributed by atoms with Gasteiger partial charge in [0.15, 0.2) is 5.16 Å². The van der Waals surface area contributed by atoms with E-state index in [1.54, 1.807) is 0 Å². The highest BCUT2D eigenvalue weighted by molar-refractivity contribution is 8.00. The van der Waals surface area contributed by atoms with Crippen molar-refractivity contribution in [1.82, 2.24) is 9.97 Å². The second-order valence-electron chi connectivity index (χ2n) is 6.78. The first-order chi connectivity index (χ1) is 15.7. The highest BCUT2D eigenvalue weighted by Gasteiger charge is 2.15. The summed E-state index contributed by atoms with van der Waals surface area (Å²) in [6.45, 7) is 0. The number of hydrogen-bond acceptors (Lipinski definition) is 5. The van der Waals surface area contributed by atoms with Gasteiger partial charge in [-0.1, -0.05) is 84.6 Å². The molecule has 32 heavy (non-hydrogen) atoms. The van der Waals surface area contributed by atoms with Gasteiger partial charge in [-0.05, 0) is 12.1 Å². The molecule has 0 fully saturated rings. The number of nitrogens with one attached hydrogen (secondary N) is 2. The molecule has 1 amide bonds. The Labute approximate surface area is 195 Å². The molecule has 2 N–H and O–H groups in total. The number of anilines is 1. The molecule has 3 aromatic carbocycles. The van der Waals surface area contributed by atoms with Crippen molar-refractivity contribution in [2.24, 2.45) is 0 Å². The molecule has 1 aromatic heterocycles. The lowest BCUT2D eigenvalue weighted by Crippen LogP contribution is -2.14. The molecule has 5 nitrogen and oxygen atoms in total. The number of carbonyl (C=O) groups is 1. The van der Waals surface area contributed by atoms with E-state index in [-0.39, 0.29) is 11.7 Å². The van der Waals surface area contributed by atoms with E-state index in [1.165, 1.54) is 23.5 Å². The quantitative estimate of drug-likeness (QED) is 0.314. The number of nitrogens with zero attached hydrogens (tertiary/aromatic N) is 2. The van der Waals surface area contributed by atoms with E-state index in [0.29, 0.717) is 16.6 Å². The normalized spacial score (nSPS) is 10.5. The van der Waals surface area contributed by atoms with Gasteiger partial charge in [-0.3, -0.25) is 4.79 Å². The fraction of sp³-hybridized carbons (Fsp3) is 0.0800. The van der Waals surface area contributed by atoms with Crippen LogP contribution in [0.15, 0.2) is 95.0 Å². The summed E-state index contributed by atoms with van der Waals surface area (Å²) in [6, 6.07) is 29.7. The zero-order valence-corrected chi connectivity index (χ0v) is 18.7. The summed E-state index contributed by atoms with van der Waals surface area (Å²) >= 11 is 2.76. The molecule has 0 unspecified atom stereocenters. The maximum absolute atomic E-state index is 12.6. The van der Waals surface area contributed by atoms with Gasteiger partial charge >= 0.3 is 0 Å². The first-order valence-corrected chi connectivity index (χ1v) is 11.9. The Hall–Kier alpha value is -3.47. The van der Waals surface area contributed by atoms with Gasteiger partial charge in [0.2, 0.25) is 5.91 Å². The first-order valence-electron chi connectivity index (χ1n) is 9.97. The van der Waals surface area contributed by atoms with Gasteiger partial charge in [0.05, 0.1) is 34.7 Å². The Morgan fingerprint density at radius 3 is 2.28 bits per heavy atom. The van der Waals surface area contributed by atoms with Crippen molar-refractivity contribution in [1.29, 1.82) is 5.26 Å². The average molecular weight is 457 g/mol. The van der Waals surface area contributed by atoms with Gasteiger partial charge in [-0.2, -0.15) is 5.26 Å². The third kappa shape index (κ3) is 5.41. The lowest BCUT2D eigenvalue weighted by molar-refractivity contribution is -0.113. The second kappa shape index (κ2) is 10.7. The molecule has 0 aliphatic carbocycles. The minimum absolute atomic E-state index is 0.126. The SMILES string of the molecule is N#CCSc1ccccc1NC(=O)CSc1nc(-c2ccccc2)c(-c2ccccc2)[nH]1. The van der Waals surface area contributed by atoms with Crippen molar-refractivity contribution in [3.8, 4) is 28.6 Å². The number of rotatable bonds is 8. The third-order valence-electron chi connectivity index (χ3n) is 4.59. The smallest absolute Gasteiger partial charge is 0.234 e. The van der Waals surface area contributed by atoms with Crippen molar-refractivity contribution in [2.45, 2.75) is 10.1 Å². The summed E-state index contributed by atoms with van der Waals surface area (Å²) in [7, 11) is 0. The maximum atomic E-state index is 12.6. The van der Waals surface area contributed by atoms with Crippen LogP contribution >= 0.6 is 23.5 Å². The molecule has 158 valence electrons. The molecular formula is C25H20N4OS2. The van der Waals surface area contributed by atoms with E-state index in [9.17, 15) is 4.79 Å². The van der Waals surface area contributed by atoms with E-state index in [0.717, 1.165) is 27.4 Å². The van der Waals surface area contributed by atoms with Crippen molar-refractivity contribution in [2.75, 3.05) is 16.8 Å². The highest BCUT2D eigenvalue weighted by Crippen LogP contribution is 2.33. The minimum Gasteiger partial charge on any atom is -0.332 e. The van der Waals surface area contributed by atoms with Crippen molar-refractivity contribution in [3.05, 3.63) is 84.9 Å². The Kier molecular flexibility index (Phi) is 7.28. The number of thioether (sulfide) groups is 2. The number of amides is 1. The van der Waals surface area contributed by atoms with E-state index in [1.807, 2.05) is 84.9 Å². The summed E-state index contributed by atoms with van der Waals surface area (Å²) in [5.41, 5.74) is 4.56. The summed E-state index contributed by atoms with van der Waals surface area (Å²) < 4.78 is 0. The fourth-order valence-electron chi connectivity index (χ4n) is 3.16. The van der Waals surface area contributed by atoms with Crippen LogP contribution in [0.2, 0.25) is 0 Å². The van der Waals surface area contributed by atoms with Gasteiger partial charge in [0, 0.05) is 16.0 Å². The number of nitriles is 1. The van der Waals surface area contributed by atoms with Crippen LogP contribution in [0.4, 0.5) is 5.69 Å². The zero-order chi connectivity index (χ0) is 22.2. The molecule has 1 heterocycles. The van der Waals surface area contributed by atoms with Gasteiger partial charge < -0.3 is 10.3 Å². The van der Waals surface area contributed by atoms with Gasteiger partial charge in [0.25, 0.3) is 0 Å². The van der Waals surface area contributed by atoms with Gasteiger partial charge in [0.1, 0.15) is 0 Å². The number of H-pyrrole nitrogens is 1. The molecule has 4 aromatic rings. The van der Waals surface area contributed by atoms with E-state index in [4.69, 9.17) is 10.2 Å². The highest BCUT2D eigenvalue weighted by atomic mass is 32.2. The van der Waals surface area contributed by atoms with Gasteiger partial charge in [-0.25, -0.2) is 4.98 Å². The molecule has 7 heteroatoms. The maximum Gasteiger partial charge on any atom is 0.234 e. The fourth-order valence-corrected chi connectivity index (χ4v) is 4.50. The van der Waals surface area contributed by atoms with E-state index >= 15 is 0 Å². The van der Waals surface area contributed by atoms with Crippen LogP contribution in [-0.4, -0.2) is 27.4 Å². The van der Waals surface area contributed by atoms with Crippen LogP contribution in [0.3, 0.4) is 0 Å². The molecule has 4 rings (SSSR count). The molecular weight excluding hydrogens is 436 g/mol. The molecule has 0 bridgehead atoms. The topological polar surface area (TPSA) is 81.6 Å². The molecule has 0 saturated heterocycles. The third-order valence-corrected chi connectivity index (χ3v) is 6.40. The number of imidazole rings is 1. The van der Waals surface area contributed by atoms with Crippen molar-refractivity contribution < 1.29 is 4.79 Å². The largest absolute Gasteiger partial charge is 0.332 e. The van der Waals surface area contributed by atoms with Gasteiger partial charge in [-0.15, -0.1) is 11.8 Å².